The van der Waals surface area contributed by atoms with Crippen LogP contribution in [0.15, 0.2) is 5.11 Å². The molecule has 0 aromatic rings. The fraction of sp³-hybridized carbons (Fsp3) is 0.875. The van der Waals surface area contributed by atoms with Crippen molar-refractivity contribution in [3.05, 3.63) is 10.4 Å². The first-order chi connectivity index (χ1) is 6.53. The van der Waals surface area contributed by atoms with Crippen LogP contribution in [-0.2, 0) is 9.63 Å². The van der Waals surface area contributed by atoms with Crippen LogP contribution in [0.5, 0.6) is 0 Å². The molecule has 0 spiro atoms. The molecule has 14 heavy (non-hydrogen) atoms. The van der Waals surface area contributed by atoms with Crippen molar-refractivity contribution in [2.45, 2.75) is 26.3 Å². The number of hydroxylamine groups is 2. The van der Waals surface area contributed by atoms with Crippen LogP contribution >= 0.6 is 0 Å². The van der Waals surface area contributed by atoms with Gasteiger partial charge in [0, 0.05) is 16.9 Å². The Hall–Kier alpha value is -1.26. The molecule has 1 atom stereocenters. The quantitative estimate of drug-likeness (QED) is 0.391. The molecule has 1 aliphatic heterocycles. The molecule has 0 aromatic carbocycles. The van der Waals surface area contributed by atoms with Gasteiger partial charge >= 0.3 is 0 Å². The lowest BCUT2D eigenvalue weighted by atomic mass is 9.90. The lowest BCUT2D eigenvalue weighted by molar-refractivity contribution is -0.180. The zero-order valence-electron chi connectivity index (χ0n) is 8.60. The Morgan fingerprint density at radius 2 is 2.43 bits per heavy atom. The maximum absolute atomic E-state index is 11.7. The Morgan fingerprint density at radius 3 is 2.93 bits per heavy atom. The molecule has 1 saturated heterocycles. The molecule has 1 aliphatic rings. The number of carbonyl (C=O) groups is 1. The molecular weight excluding hydrogens is 184 g/mol. The van der Waals surface area contributed by atoms with Crippen molar-refractivity contribution in [1.29, 1.82) is 0 Å². The topological polar surface area (TPSA) is 78.3 Å². The minimum Gasteiger partial charge on any atom is -0.274 e. The van der Waals surface area contributed by atoms with Crippen molar-refractivity contribution in [3.63, 3.8) is 0 Å². The maximum Gasteiger partial charge on any atom is 0.252 e. The summed E-state index contributed by atoms with van der Waals surface area (Å²) in [6, 6.07) is -0.140. The van der Waals surface area contributed by atoms with Gasteiger partial charge in [-0.3, -0.25) is 9.63 Å². The number of nitrogens with zero attached hydrogens (tertiary/aromatic N) is 4. The third-order valence-corrected chi connectivity index (χ3v) is 2.41. The van der Waals surface area contributed by atoms with Gasteiger partial charge in [0.25, 0.3) is 5.91 Å². The molecule has 0 bridgehead atoms. The molecule has 0 N–H and O–H groups in total. The van der Waals surface area contributed by atoms with Crippen LogP contribution in [0, 0.1) is 5.41 Å². The molecule has 0 aliphatic carbocycles. The van der Waals surface area contributed by atoms with Crippen LogP contribution in [0.4, 0.5) is 0 Å². The Balaban J connectivity index is 2.78. The Morgan fingerprint density at radius 1 is 1.79 bits per heavy atom. The number of hydrogen-bond acceptors (Lipinski definition) is 3. The Kier molecular flexibility index (Phi) is 2.98. The summed E-state index contributed by atoms with van der Waals surface area (Å²) in [4.78, 5) is 19.3. The molecule has 1 rings (SSSR count). The van der Waals surface area contributed by atoms with Crippen LogP contribution in [0.2, 0.25) is 0 Å². The number of hydrogen-bond donors (Lipinski definition) is 0. The van der Waals surface area contributed by atoms with E-state index >= 15 is 0 Å². The van der Waals surface area contributed by atoms with Gasteiger partial charge in [0.05, 0.1) is 13.2 Å². The number of azide groups is 1. The van der Waals surface area contributed by atoms with Gasteiger partial charge in [-0.25, -0.2) is 5.06 Å². The van der Waals surface area contributed by atoms with Crippen LogP contribution in [0.1, 0.15) is 20.3 Å². The minimum atomic E-state index is -0.425. The molecule has 1 fully saturated rings. The summed E-state index contributed by atoms with van der Waals surface area (Å²) < 4.78 is 0. The lowest BCUT2D eigenvalue weighted by Crippen LogP contribution is -2.35. The molecule has 0 radical (unpaired) electrons. The summed E-state index contributed by atoms with van der Waals surface area (Å²) in [7, 11) is 1.45. The number of carbonyl (C=O) groups excluding carboxylic acids is 1. The van der Waals surface area contributed by atoms with Crippen LogP contribution in [-0.4, -0.2) is 30.7 Å². The van der Waals surface area contributed by atoms with Gasteiger partial charge in [-0.1, -0.05) is 19.0 Å². The highest BCUT2D eigenvalue weighted by Gasteiger charge is 2.45. The van der Waals surface area contributed by atoms with Crippen molar-refractivity contribution >= 4 is 5.91 Å². The number of rotatable bonds is 3. The molecular formula is C8H14N4O2. The molecule has 0 saturated carbocycles. The summed E-state index contributed by atoms with van der Waals surface area (Å²) in [6.07, 6.45) is 0.651. The molecule has 78 valence electrons. The highest BCUT2D eigenvalue weighted by atomic mass is 16.7. The van der Waals surface area contributed by atoms with Gasteiger partial charge in [-0.2, -0.15) is 0 Å². The first-order valence-corrected chi connectivity index (χ1v) is 4.41. The molecule has 1 amide bonds. The van der Waals surface area contributed by atoms with Gasteiger partial charge in [0.1, 0.15) is 0 Å². The van der Waals surface area contributed by atoms with E-state index in [-0.39, 0.29) is 18.5 Å². The second kappa shape index (κ2) is 3.86. The maximum atomic E-state index is 11.7. The van der Waals surface area contributed by atoms with E-state index < -0.39 is 5.41 Å². The predicted molar refractivity (Wildman–Crippen MR) is 50.1 cm³/mol. The summed E-state index contributed by atoms with van der Waals surface area (Å²) in [5.41, 5.74) is 7.77. The third-order valence-electron chi connectivity index (χ3n) is 2.41. The van der Waals surface area contributed by atoms with Crippen molar-refractivity contribution in [2.75, 3.05) is 13.7 Å². The predicted octanol–water partition coefficient (Wildman–Crippen LogP) is 1.49. The SMILES string of the molecule is CON1C(=O)C(C)(C)CC1CN=[N+]=[N-]. The van der Waals surface area contributed by atoms with E-state index in [1.165, 1.54) is 12.2 Å². The fourth-order valence-corrected chi connectivity index (χ4v) is 1.72. The van der Waals surface area contributed by atoms with E-state index in [0.29, 0.717) is 6.42 Å². The smallest absolute Gasteiger partial charge is 0.252 e. The zero-order valence-corrected chi connectivity index (χ0v) is 8.60. The van der Waals surface area contributed by atoms with Crippen molar-refractivity contribution in [1.82, 2.24) is 5.06 Å². The molecule has 6 nitrogen and oxygen atoms in total. The van der Waals surface area contributed by atoms with Crippen molar-refractivity contribution < 1.29 is 9.63 Å². The van der Waals surface area contributed by atoms with Gasteiger partial charge in [0.2, 0.25) is 0 Å². The second-order valence-electron chi connectivity index (χ2n) is 3.97. The third kappa shape index (κ3) is 1.81. The Labute approximate surface area is 82.4 Å². The number of amides is 1. The highest BCUT2D eigenvalue weighted by Crippen LogP contribution is 2.35. The van der Waals surface area contributed by atoms with Crippen LogP contribution < -0.4 is 0 Å². The van der Waals surface area contributed by atoms with Gasteiger partial charge < -0.3 is 0 Å². The van der Waals surface area contributed by atoms with E-state index in [1.54, 1.807) is 0 Å². The van der Waals surface area contributed by atoms with Gasteiger partial charge in [-0.15, -0.1) is 0 Å². The van der Waals surface area contributed by atoms with Gasteiger partial charge in [0.15, 0.2) is 0 Å². The molecule has 1 unspecified atom stereocenters. The Bertz CT molecular complexity index is 283. The van der Waals surface area contributed by atoms with Crippen molar-refractivity contribution in [2.24, 2.45) is 10.5 Å². The van der Waals surface area contributed by atoms with Crippen LogP contribution in [0.3, 0.4) is 0 Å². The van der Waals surface area contributed by atoms with Crippen LogP contribution in [0.25, 0.3) is 10.4 Å². The standard InChI is InChI=1S/C8H14N4O2/c1-8(2)4-6(5-10-11-9)12(14-3)7(8)13/h6H,4-5H2,1-3H3. The zero-order chi connectivity index (χ0) is 10.8. The van der Waals surface area contributed by atoms with Gasteiger partial charge in [-0.05, 0) is 12.0 Å². The second-order valence-corrected chi connectivity index (χ2v) is 3.97. The summed E-state index contributed by atoms with van der Waals surface area (Å²) >= 11 is 0. The summed E-state index contributed by atoms with van der Waals surface area (Å²) in [5, 5.41) is 4.76. The van der Waals surface area contributed by atoms with E-state index in [4.69, 9.17) is 10.4 Å². The summed E-state index contributed by atoms with van der Waals surface area (Å²) in [5.74, 6) is -0.0573. The monoisotopic (exact) mass is 198 g/mol. The average molecular weight is 198 g/mol. The molecule has 0 aromatic heterocycles. The highest BCUT2D eigenvalue weighted by molar-refractivity contribution is 5.83. The normalized spacial score (nSPS) is 24.9. The average Bonchev–Trinajstić information content (AvgIpc) is 2.35. The largest absolute Gasteiger partial charge is 0.274 e. The van der Waals surface area contributed by atoms with E-state index in [0.717, 1.165) is 0 Å². The fourth-order valence-electron chi connectivity index (χ4n) is 1.72. The van der Waals surface area contributed by atoms with E-state index in [1.807, 2.05) is 13.8 Å². The first kappa shape index (κ1) is 10.8. The van der Waals surface area contributed by atoms with E-state index in [2.05, 4.69) is 10.0 Å². The minimum absolute atomic E-state index is 0.0573. The first-order valence-electron chi connectivity index (χ1n) is 4.41. The molecule has 1 heterocycles. The lowest BCUT2D eigenvalue weighted by Gasteiger charge is -2.20. The summed E-state index contributed by atoms with van der Waals surface area (Å²) in [6.45, 7) is 3.98. The van der Waals surface area contributed by atoms with Crippen molar-refractivity contribution in [3.8, 4) is 0 Å². The van der Waals surface area contributed by atoms with E-state index in [9.17, 15) is 4.79 Å². The molecule has 6 heteroatoms.